The summed E-state index contributed by atoms with van der Waals surface area (Å²) in [5.41, 5.74) is 3.97. The van der Waals surface area contributed by atoms with Gasteiger partial charge in [0.1, 0.15) is 5.82 Å². The van der Waals surface area contributed by atoms with Crippen LogP contribution in [-0.2, 0) is 31.3 Å². The molecule has 36 heavy (non-hydrogen) atoms. The zero-order chi connectivity index (χ0) is 25.2. The number of H-pyrrole nitrogens is 1. The van der Waals surface area contributed by atoms with Gasteiger partial charge in [0.05, 0.1) is 13.2 Å². The van der Waals surface area contributed by atoms with Crippen LogP contribution in [0, 0.1) is 0 Å². The number of imidazole rings is 1. The van der Waals surface area contributed by atoms with Crippen molar-refractivity contribution in [3.8, 4) is 22.5 Å². The van der Waals surface area contributed by atoms with Gasteiger partial charge in [-0.25, -0.2) is 14.9 Å². The van der Waals surface area contributed by atoms with Crippen molar-refractivity contribution in [1.82, 2.24) is 39.3 Å². The molecule has 0 aliphatic rings. The first-order valence-electron chi connectivity index (χ1n) is 11.6. The van der Waals surface area contributed by atoms with Crippen molar-refractivity contribution < 1.29 is 4.74 Å². The highest BCUT2D eigenvalue weighted by molar-refractivity contribution is 5.80. The fourth-order valence-electron chi connectivity index (χ4n) is 4.42. The number of tetrazole rings is 1. The fourth-order valence-corrected chi connectivity index (χ4v) is 4.42. The fraction of sp³-hybridized carbons (Fsp3) is 0.280. The molecule has 3 heterocycles. The molecule has 1 N–H and O–H groups in total. The van der Waals surface area contributed by atoms with E-state index in [1.807, 2.05) is 60.0 Å². The van der Waals surface area contributed by atoms with Gasteiger partial charge in [-0.3, -0.25) is 13.9 Å². The number of aromatic nitrogens is 8. The quantitative estimate of drug-likeness (QED) is 0.356. The van der Waals surface area contributed by atoms with Crippen LogP contribution in [-0.4, -0.2) is 53.0 Å². The van der Waals surface area contributed by atoms with Crippen LogP contribution >= 0.6 is 0 Å². The van der Waals surface area contributed by atoms with Gasteiger partial charge in [0, 0.05) is 32.7 Å². The second-order valence-electron chi connectivity index (χ2n) is 8.42. The first-order valence-corrected chi connectivity index (χ1v) is 11.6. The molecule has 0 aliphatic heterocycles. The number of fused-ring (bicyclic) bond motifs is 1. The van der Waals surface area contributed by atoms with Crippen LogP contribution in [0.1, 0.15) is 18.3 Å². The van der Waals surface area contributed by atoms with Crippen LogP contribution in [0.25, 0.3) is 33.7 Å². The van der Waals surface area contributed by atoms with E-state index in [0.717, 1.165) is 28.1 Å². The highest BCUT2D eigenvalue weighted by Gasteiger charge is 2.20. The number of aromatic amines is 1. The summed E-state index contributed by atoms with van der Waals surface area (Å²) in [4.78, 5) is 30.8. The largest absolute Gasteiger partial charge is 0.383 e. The molecule has 2 aromatic carbocycles. The molecule has 0 radical (unpaired) electrons. The van der Waals surface area contributed by atoms with Gasteiger partial charge < -0.3 is 9.30 Å². The van der Waals surface area contributed by atoms with Gasteiger partial charge in [0.25, 0.3) is 5.56 Å². The average Bonchev–Trinajstić information content (AvgIpc) is 3.57. The normalized spacial score (nSPS) is 11.4. The smallest absolute Gasteiger partial charge is 0.332 e. The van der Waals surface area contributed by atoms with E-state index < -0.39 is 5.69 Å². The Morgan fingerprint density at radius 2 is 1.75 bits per heavy atom. The van der Waals surface area contributed by atoms with Crippen LogP contribution in [0.15, 0.2) is 58.1 Å². The van der Waals surface area contributed by atoms with E-state index in [1.165, 1.54) is 16.2 Å². The lowest BCUT2D eigenvalue weighted by atomic mass is 9.98. The maximum Gasteiger partial charge on any atom is 0.332 e. The SMILES string of the molecule is CCc1nc2c(c(=O)n(CCOC)c(=O)n2C)n1Cc1ccc(-c2ccccc2-c2nnn[nH]2)cc1. The van der Waals surface area contributed by atoms with Crippen LogP contribution in [0.5, 0.6) is 0 Å². The van der Waals surface area contributed by atoms with Gasteiger partial charge in [0.2, 0.25) is 0 Å². The molecule has 11 heteroatoms. The molecule has 0 saturated heterocycles. The molecule has 184 valence electrons. The van der Waals surface area contributed by atoms with Crippen molar-refractivity contribution in [3.05, 3.63) is 80.8 Å². The minimum absolute atomic E-state index is 0.180. The lowest BCUT2D eigenvalue weighted by Gasteiger charge is -2.12. The summed E-state index contributed by atoms with van der Waals surface area (Å²) in [6, 6.07) is 16.0. The lowest BCUT2D eigenvalue weighted by molar-refractivity contribution is 0.184. The summed E-state index contributed by atoms with van der Waals surface area (Å²) < 4.78 is 9.64. The predicted molar refractivity (Wildman–Crippen MR) is 135 cm³/mol. The first-order chi connectivity index (χ1) is 17.5. The van der Waals surface area contributed by atoms with Crippen LogP contribution in [0.4, 0.5) is 0 Å². The summed E-state index contributed by atoms with van der Waals surface area (Å²) in [5.74, 6) is 1.34. The number of nitrogens with one attached hydrogen (secondary N) is 1. The third-order valence-electron chi connectivity index (χ3n) is 6.28. The average molecular weight is 487 g/mol. The Morgan fingerprint density at radius 3 is 2.42 bits per heavy atom. The Bertz CT molecular complexity index is 1630. The molecule has 0 amide bonds. The van der Waals surface area contributed by atoms with E-state index >= 15 is 0 Å². The Hall–Kier alpha value is -4.38. The molecule has 3 aromatic heterocycles. The summed E-state index contributed by atoms with van der Waals surface area (Å²) in [6.07, 6.45) is 0.622. The maximum atomic E-state index is 13.4. The maximum absolute atomic E-state index is 13.4. The molecule has 0 atom stereocenters. The van der Waals surface area contributed by atoms with Gasteiger partial charge >= 0.3 is 5.69 Å². The van der Waals surface area contributed by atoms with Gasteiger partial charge in [0.15, 0.2) is 17.0 Å². The van der Waals surface area contributed by atoms with E-state index in [0.29, 0.717) is 30.0 Å². The summed E-state index contributed by atoms with van der Waals surface area (Å²) in [5, 5.41) is 14.2. The number of hydrogen-bond donors (Lipinski definition) is 1. The molecule has 0 fully saturated rings. The van der Waals surface area contributed by atoms with Gasteiger partial charge in [-0.15, -0.1) is 5.10 Å². The summed E-state index contributed by atoms with van der Waals surface area (Å²) in [7, 11) is 3.18. The zero-order valence-corrected chi connectivity index (χ0v) is 20.3. The van der Waals surface area contributed by atoms with E-state index in [9.17, 15) is 9.59 Å². The van der Waals surface area contributed by atoms with Crippen LogP contribution in [0.3, 0.4) is 0 Å². The highest BCUT2D eigenvalue weighted by atomic mass is 16.5. The van der Waals surface area contributed by atoms with Crippen molar-refractivity contribution >= 4 is 11.2 Å². The van der Waals surface area contributed by atoms with Crippen LogP contribution in [0.2, 0.25) is 0 Å². The number of rotatable bonds is 8. The molecule has 0 saturated carbocycles. The van der Waals surface area contributed by atoms with E-state index in [2.05, 4.69) is 25.6 Å². The minimum Gasteiger partial charge on any atom is -0.383 e. The summed E-state index contributed by atoms with van der Waals surface area (Å²) >= 11 is 0. The van der Waals surface area contributed by atoms with Gasteiger partial charge in [-0.1, -0.05) is 55.5 Å². The molecule has 0 aliphatic carbocycles. The molecule has 0 unspecified atom stereocenters. The molecular weight excluding hydrogens is 460 g/mol. The van der Waals surface area contributed by atoms with Crippen molar-refractivity contribution in [2.45, 2.75) is 26.4 Å². The Balaban J connectivity index is 1.55. The van der Waals surface area contributed by atoms with Gasteiger partial charge in [-0.2, -0.15) is 0 Å². The molecule has 0 bridgehead atoms. The Morgan fingerprint density at radius 1 is 1.00 bits per heavy atom. The summed E-state index contributed by atoms with van der Waals surface area (Å²) in [6.45, 7) is 2.88. The van der Waals surface area contributed by atoms with Crippen LogP contribution < -0.4 is 11.2 Å². The predicted octanol–water partition coefficient (Wildman–Crippen LogP) is 2.00. The zero-order valence-electron chi connectivity index (χ0n) is 20.3. The second-order valence-corrected chi connectivity index (χ2v) is 8.42. The molecule has 5 aromatic rings. The van der Waals surface area contributed by atoms with Crippen molar-refractivity contribution in [2.75, 3.05) is 13.7 Å². The van der Waals surface area contributed by atoms with E-state index in [4.69, 9.17) is 4.74 Å². The van der Waals surface area contributed by atoms with E-state index in [-0.39, 0.29) is 18.7 Å². The highest BCUT2D eigenvalue weighted by Crippen LogP contribution is 2.30. The first kappa shape index (κ1) is 23.4. The van der Waals surface area contributed by atoms with Crippen molar-refractivity contribution in [3.63, 3.8) is 0 Å². The molecule has 0 spiro atoms. The Kier molecular flexibility index (Phi) is 6.30. The number of nitrogens with zero attached hydrogens (tertiary/aromatic N) is 7. The number of hydrogen-bond acceptors (Lipinski definition) is 7. The third-order valence-corrected chi connectivity index (χ3v) is 6.28. The monoisotopic (exact) mass is 486 g/mol. The molecule has 11 nitrogen and oxygen atoms in total. The minimum atomic E-state index is -0.401. The van der Waals surface area contributed by atoms with E-state index in [1.54, 1.807) is 7.05 Å². The molecular formula is C25H26N8O3. The number of aryl methyl sites for hydroxylation is 2. The number of benzene rings is 2. The second kappa shape index (κ2) is 9.70. The Labute approximate surface area is 206 Å². The molecule has 5 rings (SSSR count). The standard InChI is InChI=1S/C25H26N8O3/c1-4-20-26-23-21(24(34)32(13-14-36-3)25(35)31(23)2)33(20)15-16-9-11-17(12-10-16)18-7-5-6-8-19(18)22-27-29-30-28-22/h5-12H,4,13-15H2,1-3H3,(H,27,28,29,30). The van der Waals surface area contributed by atoms with Crippen molar-refractivity contribution in [2.24, 2.45) is 7.05 Å². The topological polar surface area (TPSA) is 126 Å². The number of methoxy groups -OCH3 is 1. The lowest BCUT2D eigenvalue weighted by Crippen LogP contribution is -2.40. The number of ether oxygens (including phenoxy) is 1. The van der Waals surface area contributed by atoms with Gasteiger partial charge in [-0.05, 0) is 27.1 Å². The third kappa shape index (κ3) is 4.03. The van der Waals surface area contributed by atoms with Crippen molar-refractivity contribution in [1.29, 1.82) is 0 Å².